The number of amides is 3. The molecule has 2 aromatic rings. The maximum Gasteiger partial charge on any atom is 0.337 e. The zero-order valence-electron chi connectivity index (χ0n) is 24.9. The Hall–Kier alpha value is -4.81. The maximum atomic E-state index is 13.4. The van der Waals surface area contributed by atoms with Gasteiger partial charge in [0, 0.05) is 30.7 Å². The molecule has 0 aromatic carbocycles. The van der Waals surface area contributed by atoms with Crippen molar-refractivity contribution >= 4 is 35.3 Å². The minimum atomic E-state index is -1.27. The minimum Gasteiger partial charge on any atom is -0.478 e. The van der Waals surface area contributed by atoms with Crippen LogP contribution in [0.25, 0.3) is 0 Å². The number of nitrogens with one attached hydrogen (secondary N) is 3. The van der Waals surface area contributed by atoms with Crippen molar-refractivity contribution < 1.29 is 33.8 Å². The Labute approximate surface area is 259 Å². The van der Waals surface area contributed by atoms with Crippen LogP contribution >= 0.6 is 0 Å². The summed E-state index contributed by atoms with van der Waals surface area (Å²) in [6, 6.07) is 3.03. The summed E-state index contributed by atoms with van der Waals surface area (Å²) in [5, 5.41) is 17.5. The largest absolute Gasteiger partial charge is 0.478 e. The normalized spacial score (nSPS) is 23.7. The quantitative estimate of drug-likeness (QED) is 0.204. The van der Waals surface area contributed by atoms with Crippen molar-refractivity contribution in [2.75, 3.05) is 12.4 Å². The summed E-state index contributed by atoms with van der Waals surface area (Å²) in [4.78, 5) is 79.1. The highest BCUT2D eigenvalue weighted by molar-refractivity contribution is 6.02. The van der Waals surface area contributed by atoms with Gasteiger partial charge in [-0.25, -0.2) is 9.59 Å². The minimum absolute atomic E-state index is 0.0337. The summed E-state index contributed by atoms with van der Waals surface area (Å²) in [5.41, 5.74) is -0.948. The molecule has 13 nitrogen and oxygen atoms in total. The van der Waals surface area contributed by atoms with Crippen LogP contribution in [0.4, 0.5) is 5.69 Å². The molecule has 1 atom stereocenters. The number of anilines is 1. The molecule has 3 amide bonds. The van der Waals surface area contributed by atoms with E-state index in [-0.39, 0.29) is 48.1 Å². The molecule has 2 heterocycles. The van der Waals surface area contributed by atoms with Crippen LogP contribution in [0.1, 0.15) is 65.7 Å². The fourth-order valence-corrected chi connectivity index (χ4v) is 7.23. The zero-order valence-corrected chi connectivity index (χ0v) is 24.9. The van der Waals surface area contributed by atoms with Gasteiger partial charge >= 0.3 is 11.9 Å². The Morgan fingerprint density at radius 2 is 1.76 bits per heavy atom. The number of nitrogens with zero attached hydrogens (tertiary/aromatic N) is 2. The van der Waals surface area contributed by atoms with Crippen LogP contribution in [-0.4, -0.2) is 63.5 Å². The molecule has 13 heteroatoms. The Balaban J connectivity index is 1.25. The van der Waals surface area contributed by atoms with Crippen LogP contribution in [0, 0.1) is 23.7 Å². The van der Waals surface area contributed by atoms with E-state index in [2.05, 4.69) is 25.7 Å². The lowest BCUT2D eigenvalue weighted by Crippen LogP contribution is -2.56. The second kappa shape index (κ2) is 13.9. The van der Waals surface area contributed by atoms with E-state index >= 15 is 0 Å². The predicted octanol–water partition coefficient (Wildman–Crippen LogP) is 2.13. The van der Waals surface area contributed by atoms with E-state index in [1.54, 1.807) is 6.07 Å². The van der Waals surface area contributed by atoms with Gasteiger partial charge in [0.2, 0.25) is 11.8 Å². The number of carbonyl (C=O) groups is 5. The van der Waals surface area contributed by atoms with Gasteiger partial charge in [-0.3, -0.25) is 24.2 Å². The number of ether oxygens (including phenoxy) is 1. The first-order valence-electron chi connectivity index (χ1n) is 15.1. The maximum absolute atomic E-state index is 13.4. The summed E-state index contributed by atoms with van der Waals surface area (Å²) in [6.45, 7) is -0.198. The Morgan fingerprint density at radius 1 is 1.07 bits per heavy atom. The second-order valence-corrected chi connectivity index (χ2v) is 12.2. The number of aromatic carboxylic acids is 1. The van der Waals surface area contributed by atoms with Crippen LogP contribution in [0.5, 0.6) is 0 Å². The molecule has 0 saturated heterocycles. The summed E-state index contributed by atoms with van der Waals surface area (Å²) in [5.74, 6) is -1.06. The third kappa shape index (κ3) is 7.65. The van der Waals surface area contributed by atoms with Gasteiger partial charge in [-0.1, -0.05) is 6.08 Å². The first kappa shape index (κ1) is 31.6. The number of aromatic nitrogens is 2. The molecule has 4 saturated carbocycles. The molecule has 2 aromatic heterocycles. The van der Waals surface area contributed by atoms with Crippen LogP contribution in [0.2, 0.25) is 0 Å². The van der Waals surface area contributed by atoms with E-state index in [0.29, 0.717) is 11.8 Å². The molecule has 238 valence electrons. The molecule has 0 aliphatic heterocycles. The average molecular weight is 620 g/mol. The molecular formula is C32H37N5O8. The number of allylic oxidation sites excluding steroid dienone is 1. The topological polar surface area (TPSA) is 186 Å². The van der Waals surface area contributed by atoms with E-state index < -0.39 is 35.4 Å². The summed E-state index contributed by atoms with van der Waals surface area (Å²) in [7, 11) is 1.22. The number of methoxy groups -OCH3 is 1. The van der Waals surface area contributed by atoms with Gasteiger partial charge in [-0.2, -0.15) is 0 Å². The summed E-state index contributed by atoms with van der Waals surface area (Å²) < 4.78 is 5.79. The third-order valence-corrected chi connectivity index (χ3v) is 9.09. The van der Waals surface area contributed by atoms with E-state index in [4.69, 9.17) is 0 Å². The Bertz CT molecular complexity index is 1540. The van der Waals surface area contributed by atoms with E-state index in [1.807, 2.05) is 0 Å². The van der Waals surface area contributed by atoms with Crippen molar-refractivity contribution in [2.45, 2.75) is 63.6 Å². The lowest BCUT2D eigenvalue weighted by molar-refractivity contribution is -0.134. The van der Waals surface area contributed by atoms with Crippen LogP contribution in [-0.2, 0) is 25.7 Å². The SMILES string of the molecule is COC(=O)/C=C/CC[C@H](NC(=O)c1cncc(C(=O)O)c1)C(=O)Nc1cccn(CC(=O)NC2C3CC4CC(C3)CC2C4)c1=O. The molecule has 4 fully saturated rings. The van der Waals surface area contributed by atoms with E-state index in [0.717, 1.165) is 56.0 Å². The highest BCUT2D eigenvalue weighted by Crippen LogP contribution is 2.53. The number of carboxylic acid groups (broad SMARTS) is 1. The van der Waals surface area contributed by atoms with Gasteiger partial charge < -0.3 is 30.4 Å². The zero-order chi connectivity index (χ0) is 32.1. The van der Waals surface area contributed by atoms with E-state index in [9.17, 15) is 33.9 Å². The van der Waals surface area contributed by atoms with Gasteiger partial charge in [0.25, 0.3) is 11.5 Å². The predicted molar refractivity (Wildman–Crippen MR) is 161 cm³/mol. The molecule has 6 rings (SSSR count). The molecular weight excluding hydrogens is 582 g/mol. The monoisotopic (exact) mass is 619 g/mol. The smallest absolute Gasteiger partial charge is 0.337 e. The number of hydrogen-bond donors (Lipinski definition) is 4. The fourth-order valence-electron chi connectivity index (χ4n) is 7.23. The number of hydrogen-bond acceptors (Lipinski definition) is 8. The Morgan fingerprint density at radius 3 is 2.42 bits per heavy atom. The first-order chi connectivity index (χ1) is 21.6. The van der Waals surface area contributed by atoms with Gasteiger partial charge in [0.15, 0.2) is 0 Å². The highest BCUT2D eigenvalue weighted by atomic mass is 16.5. The van der Waals surface area contributed by atoms with Crippen molar-refractivity contribution in [3.63, 3.8) is 0 Å². The van der Waals surface area contributed by atoms with Crippen LogP contribution in [0.3, 0.4) is 0 Å². The van der Waals surface area contributed by atoms with Gasteiger partial charge in [0.1, 0.15) is 18.3 Å². The second-order valence-electron chi connectivity index (χ2n) is 12.2. The van der Waals surface area contributed by atoms with Gasteiger partial charge in [0.05, 0.1) is 18.2 Å². The van der Waals surface area contributed by atoms with Crippen LogP contribution in [0.15, 0.2) is 53.7 Å². The molecule has 4 aliphatic rings. The van der Waals surface area contributed by atoms with Gasteiger partial charge in [-0.05, 0) is 86.8 Å². The molecule has 0 spiro atoms. The number of rotatable bonds is 12. The lowest BCUT2D eigenvalue weighted by atomic mass is 9.54. The van der Waals surface area contributed by atoms with Crippen molar-refractivity contribution in [1.82, 2.24) is 20.2 Å². The highest BCUT2D eigenvalue weighted by Gasteiger charge is 2.48. The Kier molecular flexibility index (Phi) is 9.74. The molecule has 4 N–H and O–H groups in total. The summed E-state index contributed by atoms with van der Waals surface area (Å²) >= 11 is 0. The number of carbonyl (C=O) groups excluding carboxylic acids is 4. The van der Waals surface area contributed by atoms with Gasteiger partial charge in [-0.15, -0.1) is 0 Å². The van der Waals surface area contributed by atoms with E-state index in [1.165, 1.54) is 42.5 Å². The fraction of sp³-hybridized carbons (Fsp3) is 0.469. The van der Waals surface area contributed by atoms with Crippen molar-refractivity contribution in [1.29, 1.82) is 0 Å². The number of carboxylic acids is 1. The first-order valence-corrected chi connectivity index (χ1v) is 15.1. The molecule has 0 unspecified atom stereocenters. The van der Waals surface area contributed by atoms with Crippen LogP contribution < -0.4 is 21.5 Å². The average Bonchev–Trinajstić information content (AvgIpc) is 3.01. The lowest BCUT2D eigenvalue weighted by Gasteiger charge is -2.54. The molecule has 4 aliphatic carbocycles. The molecule has 0 radical (unpaired) electrons. The summed E-state index contributed by atoms with van der Waals surface area (Å²) in [6.07, 6.45) is 12.5. The molecule has 4 bridgehead atoms. The number of pyridine rings is 2. The van der Waals surface area contributed by atoms with Crippen molar-refractivity contribution in [3.8, 4) is 0 Å². The standard InChI is InChI=1S/C32H37N5O8/c1-45-27(39)7-3-2-5-24(34-29(40)22-14-23(32(43)44)16-33-15-22)30(41)35-25-6-4-8-37(31(25)42)17-26(38)36-28-20-10-18-9-19(12-20)13-21(28)11-18/h3-4,6-8,14-16,18-21,24,28H,2,5,9-13,17H2,1H3,(H,34,40)(H,35,41)(H,36,38)(H,43,44)/b7-3+/t18?,19?,20?,21?,24-,28?/m0/s1. The molecule has 45 heavy (non-hydrogen) atoms. The number of esters is 1. The van der Waals surface area contributed by atoms with Crippen molar-refractivity contribution in [3.05, 3.63) is 70.4 Å². The van der Waals surface area contributed by atoms with Crippen molar-refractivity contribution in [2.24, 2.45) is 23.7 Å². The third-order valence-electron chi connectivity index (χ3n) is 9.09.